The lowest BCUT2D eigenvalue weighted by Crippen LogP contribution is -2.46. The smallest absolute Gasteiger partial charge is 0.299 e. The number of fused-ring (bicyclic) bond motifs is 1. The summed E-state index contributed by atoms with van der Waals surface area (Å²) in [5.74, 6) is -0.0707. The van der Waals surface area contributed by atoms with E-state index in [1.807, 2.05) is 11.0 Å². The number of aromatic nitrogens is 4. The minimum atomic E-state index is -2.73. The number of piperazine rings is 1. The average molecular weight is 362 g/mol. The monoisotopic (exact) mass is 362 g/mol. The van der Waals surface area contributed by atoms with Gasteiger partial charge in [0, 0.05) is 32.7 Å². The number of nitrogens with zero attached hydrogens (tertiary/aromatic N) is 6. The molecule has 0 saturated carbocycles. The molecule has 0 aliphatic carbocycles. The van der Waals surface area contributed by atoms with Gasteiger partial charge in [-0.15, -0.1) is 15.3 Å². The number of benzene rings is 1. The van der Waals surface area contributed by atoms with Crippen LogP contribution in [0, 0.1) is 5.82 Å². The zero-order chi connectivity index (χ0) is 18.1. The van der Waals surface area contributed by atoms with Gasteiger partial charge in [-0.1, -0.05) is 12.1 Å². The van der Waals surface area contributed by atoms with Crippen molar-refractivity contribution in [3.05, 3.63) is 53.6 Å². The summed E-state index contributed by atoms with van der Waals surface area (Å²) in [6.07, 6.45) is -2.73. The van der Waals surface area contributed by atoms with Crippen LogP contribution in [0.4, 0.5) is 19.0 Å². The van der Waals surface area contributed by atoms with Crippen LogP contribution in [-0.4, -0.2) is 50.9 Å². The van der Waals surface area contributed by atoms with Crippen molar-refractivity contribution in [2.45, 2.75) is 13.0 Å². The van der Waals surface area contributed by atoms with E-state index in [2.05, 4.69) is 20.2 Å². The SMILES string of the molecule is Fc1cccc(CN2CCN(c3ccc4nnc(C(F)F)n4n3)CC2)c1. The van der Waals surface area contributed by atoms with E-state index >= 15 is 0 Å². The molecule has 1 aromatic carbocycles. The lowest BCUT2D eigenvalue weighted by Gasteiger charge is -2.35. The number of hydrogen-bond acceptors (Lipinski definition) is 5. The van der Waals surface area contributed by atoms with Crippen molar-refractivity contribution in [3.8, 4) is 0 Å². The first-order valence-electron chi connectivity index (χ1n) is 8.32. The molecule has 0 atom stereocenters. The number of halogens is 3. The minimum Gasteiger partial charge on any atom is -0.353 e. The van der Waals surface area contributed by atoms with Gasteiger partial charge in [0.2, 0.25) is 5.82 Å². The lowest BCUT2D eigenvalue weighted by atomic mass is 10.2. The fourth-order valence-corrected chi connectivity index (χ4v) is 3.13. The molecule has 1 saturated heterocycles. The van der Waals surface area contributed by atoms with Gasteiger partial charge in [0.15, 0.2) is 5.65 Å². The Morgan fingerprint density at radius 2 is 1.81 bits per heavy atom. The van der Waals surface area contributed by atoms with E-state index in [4.69, 9.17) is 0 Å². The van der Waals surface area contributed by atoms with Crippen molar-refractivity contribution in [1.29, 1.82) is 0 Å². The molecule has 0 radical (unpaired) electrons. The fourth-order valence-electron chi connectivity index (χ4n) is 3.13. The third kappa shape index (κ3) is 3.34. The van der Waals surface area contributed by atoms with Crippen molar-refractivity contribution in [2.75, 3.05) is 31.1 Å². The highest BCUT2D eigenvalue weighted by atomic mass is 19.3. The first-order chi connectivity index (χ1) is 12.6. The summed E-state index contributed by atoms with van der Waals surface area (Å²) >= 11 is 0. The first-order valence-corrected chi connectivity index (χ1v) is 8.32. The Kier molecular flexibility index (Phi) is 4.46. The van der Waals surface area contributed by atoms with E-state index in [1.165, 1.54) is 6.07 Å². The molecule has 1 fully saturated rings. The number of hydrogen-bond donors (Lipinski definition) is 0. The normalized spacial score (nSPS) is 15.9. The zero-order valence-corrected chi connectivity index (χ0v) is 13.9. The summed E-state index contributed by atoms with van der Waals surface area (Å²) in [7, 11) is 0. The number of anilines is 1. The van der Waals surface area contributed by atoms with E-state index in [9.17, 15) is 13.2 Å². The van der Waals surface area contributed by atoms with Gasteiger partial charge in [0.25, 0.3) is 6.43 Å². The summed E-state index contributed by atoms with van der Waals surface area (Å²) in [6, 6.07) is 9.99. The van der Waals surface area contributed by atoms with E-state index in [-0.39, 0.29) is 5.82 Å². The van der Waals surface area contributed by atoms with E-state index < -0.39 is 12.2 Å². The van der Waals surface area contributed by atoms with Crippen molar-refractivity contribution in [3.63, 3.8) is 0 Å². The van der Waals surface area contributed by atoms with Gasteiger partial charge in [-0.25, -0.2) is 13.2 Å². The molecular weight excluding hydrogens is 345 g/mol. The first kappa shape index (κ1) is 16.8. The molecule has 0 N–H and O–H groups in total. The average Bonchev–Trinajstić information content (AvgIpc) is 3.06. The summed E-state index contributed by atoms with van der Waals surface area (Å²) in [5.41, 5.74) is 1.23. The maximum Gasteiger partial charge on any atom is 0.299 e. The molecule has 9 heteroatoms. The maximum absolute atomic E-state index is 13.3. The number of alkyl halides is 2. The van der Waals surface area contributed by atoms with E-state index in [0.717, 1.165) is 23.2 Å². The van der Waals surface area contributed by atoms with E-state index in [0.29, 0.717) is 31.1 Å². The molecule has 1 aliphatic rings. The molecule has 26 heavy (non-hydrogen) atoms. The van der Waals surface area contributed by atoms with Crippen molar-refractivity contribution in [2.24, 2.45) is 0 Å². The third-order valence-corrected chi connectivity index (χ3v) is 4.46. The summed E-state index contributed by atoms with van der Waals surface area (Å²) in [4.78, 5) is 4.27. The van der Waals surface area contributed by atoms with Gasteiger partial charge in [-0.2, -0.15) is 4.52 Å². The van der Waals surface area contributed by atoms with Crippen LogP contribution in [0.25, 0.3) is 5.65 Å². The van der Waals surface area contributed by atoms with Crippen LogP contribution in [0.1, 0.15) is 17.8 Å². The van der Waals surface area contributed by atoms with Crippen LogP contribution in [0.2, 0.25) is 0 Å². The predicted molar refractivity (Wildman–Crippen MR) is 89.6 cm³/mol. The Morgan fingerprint density at radius 1 is 1.00 bits per heavy atom. The molecule has 0 amide bonds. The highest BCUT2D eigenvalue weighted by Crippen LogP contribution is 2.20. The van der Waals surface area contributed by atoms with Gasteiger partial charge in [0.1, 0.15) is 11.6 Å². The molecule has 3 aromatic rings. The Bertz CT molecular complexity index is 904. The topological polar surface area (TPSA) is 49.6 Å². The van der Waals surface area contributed by atoms with Crippen LogP contribution in [0.15, 0.2) is 36.4 Å². The summed E-state index contributed by atoms with van der Waals surface area (Å²) in [5, 5.41) is 11.5. The van der Waals surface area contributed by atoms with Crippen LogP contribution in [-0.2, 0) is 6.54 Å². The summed E-state index contributed by atoms with van der Waals surface area (Å²) in [6.45, 7) is 3.65. The van der Waals surface area contributed by atoms with Gasteiger partial charge in [0.05, 0.1) is 0 Å². The molecule has 4 rings (SSSR count). The molecule has 1 aliphatic heterocycles. The predicted octanol–water partition coefficient (Wildman–Crippen LogP) is 2.52. The van der Waals surface area contributed by atoms with Crippen molar-refractivity contribution >= 4 is 11.5 Å². The molecule has 3 heterocycles. The number of rotatable bonds is 4. The zero-order valence-electron chi connectivity index (χ0n) is 13.9. The summed E-state index contributed by atoms with van der Waals surface area (Å²) < 4.78 is 40.4. The van der Waals surface area contributed by atoms with Crippen molar-refractivity contribution in [1.82, 2.24) is 24.7 Å². The molecule has 6 nitrogen and oxygen atoms in total. The fraction of sp³-hybridized carbons (Fsp3) is 0.353. The van der Waals surface area contributed by atoms with Crippen molar-refractivity contribution < 1.29 is 13.2 Å². The minimum absolute atomic E-state index is 0.234. The molecular formula is C17H17F3N6. The van der Waals surface area contributed by atoms with Gasteiger partial charge in [-0.3, -0.25) is 4.90 Å². The van der Waals surface area contributed by atoms with Crippen LogP contribution in [0.3, 0.4) is 0 Å². The Balaban J connectivity index is 1.44. The van der Waals surface area contributed by atoms with Gasteiger partial charge in [-0.05, 0) is 29.8 Å². The second-order valence-electron chi connectivity index (χ2n) is 6.21. The molecule has 0 bridgehead atoms. The second-order valence-corrected chi connectivity index (χ2v) is 6.21. The Morgan fingerprint density at radius 3 is 2.54 bits per heavy atom. The quantitative estimate of drug-likeness (QED) is 0.714. The third-order valence-electron chi connectivity index (χ3n) is 4.46. The van der Waals surface area contributed by atoms with Gasteiger partial charge < -0.3 is 4.90 Å². The Hall–Kier alpha value is -2.68. The van der Waals surface area contributed by atoms with E-state index in [1.54, 1.807) is 24.3 Å². The largest absolute Gasteiger partial charge is 0.353 e. The van der Waals surface area contributed by atoms with Gasteiger partial charge >= 0.3 is 0 Å². The van der Waals surface area contributed by atoms with Crippen LogP contribution < -0.4 is 4.90 Å². The highest BCUT2D eigenvalue weighted by Gasteiger charge is 2.21. The molecule has 136 valence electrons. The van der Waals surface area contributed by atoms with Crippen LogP contribution in [0.5, 0.6) is 0 Å². The maximum atomic E-state index is 13.3. The Labute approximate surface area is 147 Å². The standard InChI is InChI=1S/C17H17F3N6/c18-13-3-1-2-12(10-13)11-24-6-8-25(9-7-24)15-5-4-14-21-22-17(16(19)20)26(14)23-15/h1-5,10,16H,6-9,11H2. The lowest BCUT2D eigenvalue weighted by molar-refractivity contribution is 0.137. The molecule has 0 spiro atoms. The van der Waals surface area contributed by atoms with Crippen LogP contribution >= 0.6 is 0 Å². The molecule has 2 aromatic heterocycles. The highest BCUT2D eigenvalue weighted by molar-refractivity contribution is 5.46. The second kappa shape index (κ2) is 6.91. The molecule has 0 unspecified atom stereocenters.